The molecule has 36 heavy (non-hydrogen) atoms. The number of aliphatic carboxylic acids is 1. The van der Waals surface area contributed by atoms with Gasteiger partial charge >= 0.3 is 5.97 Å². The summed E-state index contributed by atoms with van der Waals surface area (Å²) in [6, 6.07) is 8.99. The van der Waals surface area contributed by atoms with Gasteiger partial charge in [-0.05, 0) is 31.4 Å². The van der Waals surface area contributed by atoms with Crippen LogP contribution in [0.5, 0.6) is 0 Å². The minimum absolute atomic E-state index is 0.00585. The molecule has 0 aliphatic carbocycles. The number of nitrogens with one attached hydrogen (secondary N) is 1. The van der Waals surface area contributed by atoms with E-state index < -0.39 is 17.8 Å². The molecule has 1 atom stereocenters. The van der Waals surface area contributed by atoms with Gasteiger partial charge in [0.25, 0.3) is 5.91 Å². The number of hydrogen-bond donors (Lipinski definition) is 2. The SMILES string of the molecule is C=CCCCCCCCCCCCCCC[C@@H](CC(=O)NC1=NN(c2ccccc2)C(=O)C1)C(=O)O. The van der Waals surface area contributed by atoms with Crippen LogP contribution in [-0.4, -0.2) is 28.7 Å². The molecule has 0 spiro atoms. The monoisotopic (exact) mass is 497 g/mol. The lowest BCUT2D eigenvalue weighted by atomic mass is 9.96. The van der Waals surface area contributed by atoms with E-state index in [0.29, 0.717) is 12.1 Å². The Morgan fingerprint density at radius 1 is 0.944 bits per heavy atom. The van der Waals surface area contributed by atoms with Crippen molar-refractivity contribution in [2.75, 3.05) is 5.01 Å². The number of para-hydroxylation sites is 1. The highest BCUT2D eigenvalue weighted by Crippen LogP contribution is 2.20. The van der Waals surface area contributed by atoms with Crippen LogP contribution in [0.4, 0.5) is 5.69 Å². The second-order valence-electron chi connectivity index (χ2n) is 9.66. The van der Waals surface area contributed by atoms with Gasteiger partial charge in [0.05, 0.1) is 18.0 Å². The fraction of sp³-hybridized carbons (Fsp3) is 0.586. The number of rotatable bonds is 19. The van der Waals surface area contributed by atoms with Gasteiger partial charge in [0.2, 0.25) is 5.91 Å². The van der Waals surface area contributed by atoms with Gasteiger partial charge < -0.3 is 10.4 Å². The number of unbranched alkanes of at least 4 members (excludes halogenated alkanes) is 12. The molecule has 0 bridgehead atoms. The van der Waals surface area contributed by atoms with Gasteiger partial charge in [-0.25, -0.2) is 0 Å². The van der Waals surface area contributed by atoms with Gasteiger partial charge in [-0.1, -0.05) is 94.9 Å². The Morgan fingerprint density at radius 2 is 1.50 bits per heavy atom. The van der Waals surface area contributed by atoms with Crippen molar-refractivity contribution >= 4 is 29.3 Å². The normalized spacial score (nSPS) is 13.9. The second kappa shape index (κ2) is 17.5. The zero-order chi connectivity index (χ0) is 26.0. The highest BCUT2D eigenvalue weighted by atomic mass is 16.4. The Balaban J connectivity index is 1.56. The van der Waals surface area contributed by atoms with E-state index in [1.807, 2.05) is 12.1 Å². The van der Waals surface area contributed by atoms with E-state index in [1.54, 1.807) is 24.3 Å². The fourth-order valence-corrected chi connectivity index (χ4v) is 4.47. The average molecular weight is 498 g/mol. The van der Waals surface area contributed by atoms with Crippen LogP contribution in [-0.2, 0) is 14.4 Å². The minimum atomic E-state index is -0.954. The van der Waals surface area contributed by atoms with E-state index in [4.69, 9.17) is 0 Å². The predicted molar refractivity (Wildman–Crippen MR) is 145 cm³/mol. The number of anilines is 1. The molecule has 1 aliphatic rings. The molecule has 1 aromatic carbocycles. The quantitative estimate of drug-likeness (QED) is 0.166. The summed E-state index contributed by atoms with van der Waals surface area (Å²) >= 11 is 0. The molecular formula is C29H43N3O4. The Morgan fingerprint density at radius 3 is 2.06 bits per heavy atom. The van der Waals surface area contributed by atoms with Gasteiger partial charge in [-0.3, -0.25) is 14.4 Å². The zero-order valence-electron chi connectivity index (χ0n) is 21.6. The second-order valence-corrected chi connectivity index (χ2v) is 9.66. The van der Waals surface area contributed by atoms with Crippen LogP contribution < -0.4 is 10.3 Å². The number of carbonyl (C=O) groups is 3. The minimum Gasteiger partial charge on any atom is -0.481 e. The number of amides is 2. The van der Waals surface area contributed by atoms with E-state index in [0.717, 1.165) is 25.7 Å². The highest BCUT2D eigenvalue weighted by molar-refractivity contribution is 6.15. The first kappa shape index (κ1) is 29.3. The van der Waals surface area contributed by atoms with Crippen molar-refractivity contribution in [3.63, 3.8) is 0 Å². The Hall–Kier alpha value is -2.96. The number of benzene rings is 1. The summed E-state index contributed by atoms with van der Waals surface area (Å²) in [5.74, 6) is -2.06. The number of carbonyl (C=O) groups excluding carboxylic acids is 2. The Bertz CT molecular complexity index is 853. The molecule has 1 aromatic rings. The molecule has 0 saturated carbocycles. The van der Waals surface area contributed by atoms with Crippen molar-refractivity contribution in [3.05, 3.63) is 43.0 Å². The first-order valence-corrected chi connectivity index (χ1v) is 13.6. The Labute approximate surface area is 216 Å². The van der Waals surface area contributed by atoms with Gasteiger partial charge in [0, 0.05) is 6.42 Å². The molecule has 2 N–H and O–H groups in total. The molecule has 0 saturated heterocycles. The van der Waals surface area contributed by atoms with Gasteiger partial charge in [0.1, 0.15) is 5.84 Å². The lowest BCUT2D eigenvalue weighted by molar-refractivity contribution is -0.144. The molecule has 2 rings (SSSR count). The number of nitrogens with zero attached hydrogens (tertiary/aromatic N) is 2. The van der Waals surface area contributed by atoms with Crippen LogP contribution in [0.15, 0.2) is 48.1 Å². The fourth-order valence-electron chi connectivity index (χ4n) is 4.47. The van der Waals surface area contributed by atoms with E-state index in [-0.39, 0.29) is 24.6 Å². The lowest BCUT2D eigenvalue weighted by Gasteiger charge is -2.12. The average Bonchev–Trinajstić information content (AvgIpc) is 3.23. The van der Waals surface area contributed by atoms with Gasteiger partial charge in [0.15, 0.2) is 0 Å². The molecule has 7 nitrogen and oxygen atoms in total. The Kier molecular flexibility index (Phi) is 14.2. The topological polar surface area (TPSA) is 99.1 Å². The third kappa shape index (κ3) is 11.6. The van der Waals surface area contributed by atoms with Crippen LogP contribution in [0.3, 0.4) is 0 Å². The van der Waals surface area contributed by atoms with Crippen LogP contribution >= 0.6 is 0 Å². The maximum Gasteiger partial charge on any atom is 0.307 e. The molecule has 1 aliphatic heterocycles. The summed E-state index contributed by atoms with van der Waals surface area (Å²) in [6.07, 6.45) is 17.9. The van der Waals surface area contributed by atoms with Gasteiger partial charge in [-0.2, -0.15) is 10.1 Å². The van der Waals surface area contributed by atoms with Crippen LogP contribution in [0.25, 0.3) is 0 Å². The summed E-state index contributed by atoms with van der Waals surface area (Å²) in [5, 5.41) is 17.6. The summed E-state index contributed by atoms with van der Waals surface area (Å²) in [6.45, 7) is 3.76. The number of hydrogen-bond acceptors (Lipinski definition) is 4. The molecule has 7 heteroatoms. The molecule has 0 radical (unpaired) electrons. The summed E-state index contributed by atoms with van der Waals surface area (Å²) < 4.78 is 0. The molecule has 1 heterocycles. The largest absolute Gasteiger partial charge is 0.481 e. The number of hydrazone groups is 1. The van der Waals surface area contributed by atoms with Crippen LogP contribution in [0.2, 0.25) is 0 Å². The zero-order valence-corrected chi connectivity index (χ0v) is 21.6. The van der Waals surface area contributed by atoms with Crippen molar-refractivity contribution < 1.29 is 19.5 Å². The van der Waals surface area contributed by atoms with E-state index >= 15 is 0 Å². The lowest BCUT2D eigenvalue weighted by Crippen LogP contribution is -2.32. The van der Waals surface area contributed by atoms with E-state index in [9.17, 15) is 19.5 Å². The molecule has 0 aromatic heterocycles. The first-order chi connectivity index (χ1) is 17.5. The maximum absolute atomic E-state index is 12.4. The number of allylic oxidation sites excluding steroid dienone is 1. The summed E-state index contributed by atoms with van der Waals surface area (Å²) in [5.41, 5.74) is 0.630. The van der Waals surface area contributed by atoms with Crippen molar-refractivity contribution in [2.45, 2.75) is 103 Å². The molecule has 0 fully saturated rings. The third-order valence-electron chi connectivity index (χ3n) is 6.55. The van der Waals surface area contributed by atoms with Gasteiger partial charge in [-0.15, -0.1) is 6.58 Å². The number of carboxylic acids is 1. The molecule has 198 valence electrons. The third-order valence-corrected chi connectivity index (χ3v) is 6.55. The van der Waals surface area contributed by atoms with Crippen molar-refractivity contribution in [2.24, 2.45) is 11.0 Å². The maximum atomic E-state index is 12.4. The van der Waals surface area contributed by atoms with E-state index in [1.165, 1.54) is 62.8 Å². The molecule has 0 unspecified atom stereocenters. The van der Waals surface area contributed by atoms with Crippen LogP contribution in [0.1, 0.15) is 103 Å². The van der Waals surface area contributed by atoms with Crippen LogP contribution in [0, 0.1) is 5.92 Å². The number of amidine groups is 1. The number of carboxylic acid groups (broad SMARTS) is 1. The highest BCUT2D eigenvalue weighted by Gasteiger charge is 2.28. The van der Waals surface area contributed by atoms with E-state index in [2.05, 4.69) is 17.0 Å². The molecular weight excluding hydrogens is 454 g/mol. The van der Waals surface area contributed by atoms with Crippen molar-refractivity contribution in [3.8, 4) is 0 Å². The molecule has 2 amide bonds. The summed E-state index contributed by atoms with van der Waals surface area (Å²) in [7, 11) is 0. The van der Waals surface area contributed by atoms with Crippen molar-refractivity contribution in [1.82, 2.24) is 5.32 Å². The summed E-state index contributed by atoms with van der Waals surface area (Å²) in [4.78, 5) is 36.3. The predicted octanol–water partition coefficient (Wildman–Crippen LogP) is 6.59. The standard InChI is InChI=1S/C29H43N3O4/c1-2-3-4-5-6-7-8-9-10-11-12-13-14-16-19-24(29(35)36)22-27(33)30-26-23-28(34)32(31-26)25-20-17-15-18-21-25/h2,15,17-18,20-21,24H,1,3-14,16,19,22-23H2,(H,35,36)(H,30,31,33)/t24-/m0/s1. The van der Waals surface area contributed by atoms with Crippen molar-refractivity contribution in [1.29, 1.82) is 0 Å². The first-order valence-electron chi connectivity index (χ1n) is 13.6. The smallest absolute Gasteiger partial charge is 0.307 e.